The first-order chi connectivity index (χ1) is 14.4. The van der Waals surface area contributed by atoms with Gasteiger partial charge in [0.15, 0.2) is 0 Å². The summed E-state index contributed by atoms with van der Waals surface area (Å²) in [5.74, 6) is -0.229. The van der Waals surface area contributed by atoms with Crippen LogP contribution in [0.4, 0.5) is 13.2 Å². The van der Waals surface area contributed by atoms with E-state index < -0.39 is 6.36 Å². The topological polar surface area (TPSA) is 27.1 Å². The fraction of sp³-hybridized carbons (Fsp3) is 0.348. The fourth-order valence-electron chi connectivity index (χ4n) is 3.99. The highest BCUT2D eigenvalue weighted by molar-refractivity contribution is 9.10. The molecule has 1 heterocycles. The van der Waals surface area contributed by atoms with Crippen LogP contribution in [0.2, 0.25) is 0 Å². The standard InChI is InChI=1S/C23H22BrF3N2O/c24-18-10-6-16(7-11-18)14-20-15-22(28-29(20)19-4-2-1-3-5-19)17-8-12-21(13-9-17)30-23(25,26)27/h6-13,15,19H,1-5,14H2. The summed E-state index contributed by atoms with van der Waals surface area (Å²) < 4.78 is 44.4. The van der Waals surface area contributed by atoms with E-state index in [-0.39, 0.29) is 5.75 Å². The molecule has 1 fully saturated rings. The van der Waals surface area contributed by atoms with Crippen molar-refractivity contribution < 1.29 is 17.9 Å². The highest BCUT2D eigenvalue weighted by Crippen LogP contribution is 2.32. The quantitative estimate of drug-likeness (QED) is 0.384. The summed E-state index contributed by atoms with van der Waals surface area (Å²) in [4.78, 5) is 0. The summed E-state index contributed by atoms with van der Waals surface area (Å²) in [6.07, 6.45) is 1.92. The molecule has 1 aliphatic carbocycles. The number of rotatable bonds is 5. The molecular formula is C23H22BrF3N2O. The van der Waals surface area contributed by atoms with Gasteiger partial charge >= 0.3 is 6.36 Å². The van der Waals surface area contributed by atoms with Crippen LogP contribution in [0.5, 0.6) is 5.75 Å². The molecule has 3 nitrogen and oxygen atoms in total. The Morgan fingerprint density at radius 3 is 2.27 bits per heavy atom. The van der Waals surface area contributed by atoms with E-state index in [1.807, 2.05) is 12.1 Å². The minimum absolute atomic E-state index is 0.229. The molecule has 30 heavy (non-hydrogen) atoms. The van der Waals surface area contributed by atoms with Crippen molar-refractivity contribution in [2.24, 2.45) is 0 Å². The SMILES string of the molecule is FC(F)(F)Oc1ccc(-c2cc(Cc3ccc(Br)cc3)n(C3CCCCC3)n2)cc1. The van der Waals surface area contributed by atoms with Crippen molar-refractivity contribution in [3.05, 3.63) is 70.3 Å². The van der Waals surface area contributed by atoms with Crippen molar-refractivity contribution in [3.63, 3.8) is 0 Å². The van der Waals surface area contributed by atoms with E-state index in [9.17, 15) is 13.2 Å². The van der Waals surface area contributed by atoms with Crippen LogP contribution < -0.4 is 4.74 Å². The van der Waals surface area contributed by atoms with Gasteiger partial charge in [-0.25, -0.2) is 0 Å². The lowest BCUT2D eigenvalue weighted by Crippen LogP contribution is -2.17. The molecule has 1 saturated carbocycles. The number of nitrogens with zero attached hydrogens (tertiary/aromatic N) is 2. The van der Waals surface area contributed by atoms with Gasteiger partial charge in [-0.3, -0.25) is 4.68 Å². The van der Waals surface area contributed by atoms with E-state index in [1.165, 1.54) is 37.0 Å². The van der Waals surface area contributed by atoms with Crippen LogP contribution in [0.3, 0.4) is 0 Å². The third-order valence-corrected chi connectivity index (χ3v) is 5.94. The number of halogens is 4. The van der Waals surface area contributed by atoms with E-state index in [1.54, 1.807) is 12.1 Å². The Kier molecular flexibility index (Phi) is 6.18. The first kappa shape index (κ1) is 21.0. The van der Waals surface area contributed by atoms with Crippen molar-refractivity contribution in [2.45, 2.75) is 50.9 Å². The van der Waals surface area contributed by atoms with Gasteiger partial charge in [0.1, 0.15) is 5.75 Å². The zero-order chi connectivity index (χ0) is 21.1. The highest BCUT2D eigenvalue weighted by atomic mass is 79.9. The van der Waals surface area contributed by atoms with Gasteiger partial charge in [-0.2, -0.15) is 5.10 Å². The van der Waals surface area contributed by atoms with Crippen molar-refractivity contribution in [2.75, 3.05) is 0 Å². The molecule has 0 spiro atoms. The number of hydrogen-bond acceptors (Lipinski definition) is 2. The zero-order valence-corrected chi connectivity index (χ0v) is 17.9. The van der Waals surface area contributed by atoms with Crippen molar-refractivity contribution in [1.29, 1.82) is 0 Å². The highest BCUT2D eigenvalue weighted by Gasteiger charge is 2.31. The Morgan fingerprint density at radius 2 is 1.63 bits per heavy atom. The van der Waals surface area contributed by atoms with Gasteiger partial charge in [-0.1, -0.05) is 47.3 Å². The van der Waals surface area contributed by atoms with Gasteiger partial charge in [0, 0.05) is 22.2 Å². The molecule has 158 valence electrons. The van der Waals surface area contributed by atoms with Crippen molar-refractivity contribution in [1.82, 2.24) is 9.78 Å². The first-order valence-electron chi connectivity index (χ1n) is 10.1. The largest absolute Gasteiger partial charge is 0.573 e. The van der Waals surface area contributed by atoms with Gasteiger partial charge in [0.2, 0.25) is 0 Å². The van der Waals surface area contributed by atoms with Crippen LogP contribution >= 0.6 is 15.9 Å². The van der Waals surface area contributed by atoms with Crippen molar-refractivity contribution >= 4 is 15.9 Å². The normalized spacial score (nSPS) is 15.3. The molecule has 0 atom stereocenters. The second-order valence-corrected chi connectivity index (χ2v) is 8.55. The zero-order valence-electron chi connectivity index (χ0n) is 16.3. The van der Waals surface area contributed by atoms with Gasteiger partial charge in [-0.05, 0) is 60.9 Å². The third kappa shape index (κ3) is 5.25. The predicted octanol–water partition coefficient (Wildman–Crippen LogP) is 7.31. The summed E-state index contributed by atoms with van der Waals surface area (Å²) in [6, 6.07) is 16.6. The van der Waals surface area contributed by atoms with Crippen LogP contribution in [-0.4, -0.2) is 16.1 Å². The molecule has 0 N–H and O–H groups in total. The first-order valence-corrected chi connectivity index (χ1v) is 10.9. The summed E-state index contributed by atoms with van der Waals surface area (Å²) >= 11 is 3.47. The van der Waals surface area contributed by atoms with Crippen LogP contribution in [0.25, 0.3) is 11.3 Å². The number of alkyl halides is 3. The van der Waals surface area contributed by atoms with Crippen molar-refractivity contribution in [3.8, 4) is 17.0 Å². The predicted molar refractivity (Wildman–Crippen MR) is 113 cm³/mol. The molecule has 3 aromatic rings. The lowest BCUT2D eigenvalue weighted by molar-refractivity contribution is -0.274. The maximum Gasteiger partial charge on any atom is 0.573 e. The lowest BCUT2D eigenvalue weighted by atomic mass is 9.95. The number of hydrogen-bond donors (Lipinski definition) is 0. The molecule has 1 aromatic heterocycles. The number of aromatic nitrogens is 2. The molecular weight excluding hydrogens is 457 g/mol. The fourth-order valence-corrected chi connectivity index (χ4v) is 4.25. The van der Waals surface area contributed by atoms with Crippen LogP contribution in [0.15, 0.2) is 59.1 Å². The average Bonchev–Trinajstić information content (AvgIpc) is 3.13. The molecule has 1 aliphatic rings. The monoisotopic (exact) mass is 478 g/mol. The van der Waals surface area contributed by atoms with Crippen LogP contribution in [0.1, 0.15) is 49.4 Å². The molecule has 0 unspecified atom stereocenters. The molecule has 0 aliphatic heterocycles. The smallest absolute Gasteiger partial charge is 0.406 e. The second-order valence-electron chi connectivity index (χ2n) is 7.63. The maximum atomic E-state index is 12.4. The summed E-state index contributed by atoms with van der Waals surface area (Å²) in [5, 5.41) is 4.87. The summed E-state index contributed by atoms with van der Waals surface area (Å²) in [7, 11) is 0. The van der Waals surface area contributed by atoms with Gasteiger partial charge < -0.3 is 4.74 Å². The summed E-state index contributed by atoms with van der Waals surface area (Å²) in [6.45, 7) is 0. The molecule has 4 rings (SSSR count). The Labute approximate surface area is 182 Å². The molecule has 7 heteroatoms. The molecule has 0 amide bonds. The Bertz CT molecular complexity index is 975. The van der Waals surface area contributed by atoms with E-state index in [0.717, 1.165) is 40.7 Å². The summed E-state index contributed by atoms with van der Waals surface area (Å²) in [5.41, 5.74) is 3.85. The Hall–Kier alpha value is -2.28. The Balaban J connectivity index is 1.63. The third-order valence-electron chi connectivity index (χ3n) is 5.42. The van der Waals surface area contributed by atoms with E-state index in [2.05, 4.69) is 43.5 Å². The molecule has 2 aromatic carbocycles. The van der Waals surface area contributed by atoms with Gasteiger partial charge in [0.25, 0.3) is 0 Å². The van der Waals surface area contributed by atoms with E-state index in [4.69, 9.17) is 5.10 Å². The minimum Gasteiger partial charge on any atom is -0.406 e. The van der Waals surface area contributed by atoms with E-state index in [0.29, 0.717) is 6.04 Å². The molecule has 0 saturated heterocycles. The average molecular weight is 479 g/mol. The van der Waals surface area contributed by atoms with Gasteiger partial charge in [-0.15, -0.1) is 13.2 Å². The van der Waals surface area contributed by atoms with Gasteiger partial charge in [0.05, 0.1) is 11.7 Å². The number of benzene rings is 2. The number of ether oxygens (including phenoxy) is 1. The Morgan fingerprint density at radius 1 is 0.967 bits per heavy atom. The second kappa shape index (κ2) is 8.84. The minimum atomic E-state index is -4.69. The molecule has 0 radical (unpaired) electrons. The van der Waals surface area contributed by atoms with Crippen LogP contribution in [0, 0.1) is 0 Å². The van der Waals surface area contributed by atoms with Crippen LogP contribution in [-0.2, 0) is 6.42 Å². The lowest BCUT2D eigenvalue weighted by Gasteiger charge is -2.24. The maximum absolute atomic E-state index is 12.4. The molecule has 0 bridgehead atoms. The van der Waals surface area contributed by atoms with E-state index >= 15 is 0 Å².